The smallest absolute Gasteiger partial charge is 0.222 e. The minimum atomic E-state index is -0.399. The van der Waals surface area contributed by atoms with Crippen molar-refractivity contribution in [3.05, 3.63) is 0 Å². The van der Waals surface area contributed by atoms with Crippen molar-refractivity contribution in [3.63, 3.8) is 0 Å². The van der Waals surface area contributed by atoms with Gasteiger partial charge in [0.05, 0.1) is 27.7 Å². The van der Waals surface area contributed by atoms with Gasteiger partial charge >= 0.3 is 0 Å². The number of rotatable bonds is 19. The average molecular weight is 438 g/mol. The molecule has 1 atom stereocenters. The Hall–Kier alpha value is -0.400. The van der Waals surface area contributed by atoms with Gasteiger partial charge in [-0.1, -0.05) is 58.3 Å². The molecule has 1 unspecified atom stereocenters. The third-order valence-electron chi connectivity index (χ3n) is 4.91. The molecule has 0 aromatic carbocycles. The van der Waals surface area contributed by atoms with Crippen LogP contribution in [0.1, 0.15) is 71.1 Å². The lowest BCUT2D eigenvalue weighted by Gasteiger charge is -2.27. The predicted octanol–water partition coefficient (Wildman–Crippen LogP) is -0.611. The van der Waals surface area contributed by atoms with Crippen LogP contribution in [0.15, 0.2) is 0 Å². The van der Waals surface area contributed by atoms with Gasteiger partial charge in [0.1, 0.15) is 12.6 Å². The summed E-state index contributed by atoms with van der Waals surface area (Å²) in [7, 11) is 6.16. The summed E-state index contributed by atoms with van der Waals surface area (Å²) in [4.78, 5) is 14.1. The number of hydrogen-bond acceptors (Lipinski definition) is 4. The van der Waals surface area contributed by atoms with Gasteiger partial charge in [-0.2, -0.15) is 0 Å². The van der Waals surface area contributed by atoms with Crippen molar-refractivity contribution in [2.75, 3.05) is 60.5 Å². The number of unbranched alkanes of at least 4 members (excludes halogenated alkanes) is 8. The minimum Gasteiger partial charge on any atom is -1.00 e. The molecule has 6 nitrogen and oxygen atoms in total. The summed E-state index contributed by atoms with van der Waals surface area (Å²) in [6, 6.07) is 0. The van der Waals surface area contributed by atoms with Gasteiger partial charge in [0.25, 0.3) is 0 Å². The number of nitrogens with zero attached hydrogens (tertiary/aromatic N) is 2. The monoisotopic (exact) mass is 437 g/mol. The highest BCUT2D eigenvalue weighted by Crippen LogP contribution is 2.11. The SMILES string of the molecule is CCCCCCCCCCCC(=O)N(CCO)CCNCC(O)C[N+](C)(C)C.[Cl-]. The molecule has 0 aliphatic heterocycles. The molecule has 0 fully saturated rings. The zero-order valence-electron chi connectivity index (χ0n) is 19.5. The maximum Gasteiger partial charge on any atom is 0.222 e. The van der Waals surface area contributed by atoms with E-state index in [1.54, 1.807) is 4.90 Å². The fourth-order valence-corrected chi connectivity index (χ4v) is 3.41. The van der Waals surface area contributed by atoms with Gasteiger partial charge in [0.2, 0.25) is 5.91 Å². The van der Waals surface area contributed by atoms with Crippen LogP contribution in [0.4, 0.5) is 0 Å². The van der Waals surface area contributed by atoms with Crippen LogP contribution in [0.5, 0.6) is 0 Å². The van der Waals surface area contributed by atoms with E-state index in [1.807, 2.05) is 0 Å². The summed E-state index contributed by atoms with van der Waals surface area (Å²) >= 11 is 0. The highest BCUT2D eigenvalue weighted by molar-refractivity contribution is 5.76. The molecule has 0 bridgehead atoms. The quantitative estimate of drug-likeness (QED) is 0.186. The second-order valence-electron chi connectivity index (χ2n) is 9.01. The molecule has 0 aromatic rings. The number of halogens is 1. The molecular formula is C22H48ClN3O3. The first-order valence-corrected chi connectivity index (χ1v) is 11.4. The normalized spacial score (nSPS) is 12.5. The van der Waals surface area contributed by atoms with Crippen molar-refractivity contribution in [3.8, 4) is 0 Å². The van der Waals surface area contributed by atoms with E-state index in [0.717, 1.165) is 17.3 Å². The molecular weight excluding hydrogens is 390 g/mol. The summed E-state index contributed by atoms with van der Waals surface area (Å²) in [6.45, 7) is 5.04. The van der Waals surface area contributed by atoms with E-state index >= 15 is 0 Å². The van der Waals surface area contributed by atoms with Crippen LogP contribution >= 0.6 is 0 Å². The Labute approximate surface area is 186 Å². The van der Waals surface area contributed by atoms with Crippen molar-refractivity contribution >= 4 is 5.91 Å². The second kappa shape index (κ2) is 19.6. The number of aliphatic hydroxyl groups excluding tert-OH is 2. The summed E-state index contributed by atoms with van der Waals surface area (Å²) in [5.41, 5.74) is 0. The van der Waals surface area contributed by atoms with E-state index in [4.69, 9.17) is 0 Å². The number of aliphatic hydroxyl groups is 2. The molecule has 0 heterocycles. The topological polar surface area (TPSA) is 72.8 Å². The minimum absolute atomic E-state index is 0. The van der Waals surface area contributed by atoms with E-state index in [-0.39, 0.29) is 24.9 Å². The Kier molecular flexibility index (Phi) is 20.8. The number of amides is 1. The van der Waals surface area contributed by atoms with Gasteiger partial charge in [-0.05, 0) is 6.42 Å². The molecule has 7 heteroatoms. The number of nitrogens with one attached hydrogen (secondary N) is 1. The van der Waals surface area contributed by atoms with E-state index in [1.165, 1.54) is 44.9 Å². The molecule has 0 saturated carbocycles. The van der Waals surface area contributed by atoms with Gasteiger partial charge in [-0.25, -0.2) is 0 Å². The maximum atomic E-state index is 12.4. The summed E-state index contributed by atoms with van der Waals surface area (Å²) in [5, 5.41) is 22.5. The van der Waals surface area contributed by atoms with Crippen LogP contribution in [0.25, 0.3) is 0 Å². The zero-order valence-corrected chi connectivity index (χ0v) is 20.2. The number of likely N-dealkylation sites (N-methyl/N-ethyl adjacent to an activating group) is 1. The van der Waals surface area contributed by atoms with Crippen molar-refractivity contribution in [2.45, 2.75) is 77.2 Å². The van der Waals surface area contributed by atoms with Crippen LogP contribution in [0.2, 0.25) is 0 Å². The van der Waals surface area contributed by atoms with Crippen LogP contribution in [0, 0.1) is 0 Å². The Morgan fingerprint density at radius 2 is 1.52 bits per heavy atom. The third-order valence-corrected chi connectivity index (χ3v) is 4.91. The third kappa shape index (κ3) is 20.6. The molecule has 0 rings (SSSR count). The Bertz CT molecular complexity index is 379. The zero-order chi connectivity index (χ0) is 21.3. The highest BCUT2D eigenvalue weighted by Gasteiger charge is 2.16. The highest BCUT2D eigenvalue weighted by atomic mass is 35.5. The van der Waals surface area contributed by atoms with Crippen LogP contribution in [-0.2, 0) is 4.79 Å². The summed E-state index contributed by atoms with van der Waals surface area (Å²) in [5.74, 6) is 0.130. The first kappa shape index (κ1) is 30.8. The Balaban J connectivity index is 0. The van der Waals surface area contributed by atoms with E-state index in [9.17, 15) is 15.0 Å². The lowest BCUT2D eigenvalue weighted by atomic mass is 10.1. The van der Waals surface area contributed by atoms with Crippen LogP contribution < -0.4 is 17.7 Å². The maximum absolute atomic E-state index is 12.4. The van der Waals surface area contributed by atoms with Crippen molar-refractivity contribution < 1.29 is 31.9 Å². The largest absolute Gasteiger partial charge is 1.00 e. The molecule has 176 valence electrons. The second-order valence-corrected chi connectivity index (χ2v) is 9.01. The van der Waals surface area contributed by atoms with Gasteiger partial charge in [-0.15, -0.1) is 0 Å². The first-order valence-electron chi connectivity index (χ1n) is 11.4. The lowest BCUT2D eigenvalue weighted by molar-refractivity contribution is -0.873. The molecule has 0 saturated heterocycles. The predicted molar refractivity (Wildman–Crippen MR) is 117 cm³/mol. The van der Waals surface area contributed by atoms with E-state index < -0.39 is 6.10 Å². The molecule has 0 aliphatic rings. The van der Waals surface area contributed by atoms with Gasteiger partial charge < -0.3 is 37.3 Å². The average Bonchev–Trinajstić information content (AvgIpc) is 2.61. The first-order chi connectivity index (χ1) is 13.3. The van der Waals surface area contributed by atoms with Crippen molar-refractivity contribution in [1.82, 2.24) is 10.2 Å². The molecule has 29 heavy (non-hydrogen) atoms. The fraction of sp³-hybridized carbons (Fsp3) is 0.955. The number of carbonyl (C=O) groups excluding carboxylic acids is 1. The fourth-order valence-electron chi connectivity index (χ4n) is 3.41. The molecule has 0 aliphatic carbocycles. The van der Waals surface area contributed by atoms with Crippen molar-refractivity contribution in [2.24, 2.45) is 0 Å². The summed E-state index contributed by atoms with van der Waals surface area (Å²) < 4.78 is 0.719. The molecule has 0 radical (unpaired) electrons. The molecule has 3 N–H and O–H groups in total. The molecule has 1 amide bonds. The van der Waals surface area contributed by atoms with Crippen molar-refractivity contribution in [1.29, 1.82) is 0 Å². The lowest BCUT2D eigenvalue weighted by Crippen LogP contribution is -3.00. The molecule has 0 aromatic heterocycles. The van der Waals surface area contributed by atoms with Gasteiger partial charge in [0.15, 0.2) is 0 Å². The number of carbonyl (C=O) groups is 1. The molecule has 0 spiro atoms. The van der Waals surface area contributed by atoms with Crippen LogP contribution in [0.3, 0.4) is 0 Å². The van der Waals surface area contributed by atoms with Gasteiger partial charge in [-0.3, -0.25) is 4.79 Å². The Morgan fingerprint density at radius 3 is 2.03 bits per heavy atom. The van der Waals surface area contributed by atoms with Gasteiger partial charge in [0, 0.05) is 32.6 Å². The van der Waals surface area contributed by atoms with Crippen LogP contribution in [-0.4, -0.2) is 92.1 Å². The summed E-state index contributed by atoms with van der Waals surface area (Å²) in [6.07, 6.45) is 11.4. The Morgan fingerprint density at radius 1 is 0.966 bits per heavy atom. The standard InChI is InChI=1S/C22H48N3O3.ClH/c1-5-6-7-8-9-10-11-12-13-14-22(28)24(17-18-26)16-15-23-19-21(27)20-25(2,3)4;/h21,23,26-27H,5-20H2,1-4H3;1H/q+1;/p-1. The van der Waals surface area contributed by atoms with E-state index in [0.29, 0.717) is 39.1 Å². The number of hydrogen-bond donors (Lipinski definition) is 3. The van der Waals surface area contributed by atoms with E-state index in [2.05, 4.69) is 33.4 Å². The number of quaternary nitrogens is 1.